The van der Waals surface area contributed by atoms with Crippen LogP contribution in [0.3, 0.4) is 0 Å². The van der Waals surface area contributed by atoms with E-state index in [4.69, 9.17) is 14.5 Å². The number of thiophene rings is 1. The third-order valence-electron chi connectivity index (χ3n) is 8.45. The molecule has 3 aliphatic rings. The van der Waals surface area contributed by atoms with Gasteiger partial charge in [-0.3, -0.25) is 14.4 Å². The highest BCUT2D eigenvalue weighted by atomic mass is 32.1. The monoisotopic (exact) mass is 664 g/mol. The van der Waals surface area contributed by atoms with E-state index in [1.54, 1.807) is 11.9 Å². The summed E-state index contributed by atoms with van der Waals surface area (Å²) in [6.07, 6.45) is 9.16. The summed E-state index contributed by atoms with van der Waals surface area (Å²) >= 11 is 1.43. The molecule has 0 spiro atoms. The van der Waals surface area contributed by atoms with Gasteiger partial charge >= 0.3 is 0 Å². The number of hydrogen-bond donors (Lipinski definition) is 3. The molecule has 11 nitrogen and oxygen atoms in total. The van der Waals surface area contributed by atoms with Crippen molar-refractivity contribution in [3.63, 3.8) is 0 Å². The number of fused-ring (bicyclic) bond motifs is 1. The molecule has 2 atom stereocenters. The summed E-state index contributed by atoms with van der Waals surface area (Å²) in [6, 6.07) is 8.27. The number of amides is 3. The number of unbranched alkanes of at least 4 members (excludes halogenated alkanes) is 1. The number of hydrogen-bond acceptors (Lipinski definition) is 9. The number of ether oxygens (including phenoxy) is 1. The van der Waals surface area contributed by atoms with Crippen LogP contribution >= 0.6 is 19.7 Å². The van der Waals surface area contributed by atoms with Crippen molar-refractivity contribution in [1.82, 2.24) is 20.0 Å². The Morgan fingerprint density at radius 3 is 2.49 bits per heavy atom. The number of nitrogens with zero attached hydrogens (tertiary/aromatic N) is 3. The summed E-state index contributed by atoms with van der Waals surface area (Å²) in [5.74, 6) is 0.879. The first-order valence-corrected chi connectivity index (χ1v) is 18.0. The van der Waals surface area contributed by atoms with Crippen LogP contribution in [-0.4, -0.2) is 115 Å². The average molecular weight is 665 g/mol. The molecule has 1 aromatic carbocycles. The maximum Gasteiger partial charge on any atom is 0.261 e. The minimum Gasteiger partial charge on any atom is -0.378 e. The number of carbonyl (C=O) groups excluding carboxylic acids is 4. The maximum absolute atomic E-state index is 11.8. The summed E-state index contributed by atoms with van der Waals surface area (Å²) in [7, 11) is 1.92. The predicted molar refractivity (Wildman–Crippen MR) is 178 cm³/mol. The zero-order valence-corrected chi connectivity index (χ0v) is 28.4. The van der Waals surface area contributed by atoms with Gasteiger partial charge in [0.25, 0.3) is 5.91 Å². The smallest absolute Gasteiger partial charge is 0.261 e. The Kier molecular flexibility index (Phi) is 15.8. The van der Waals surface area contributed by atoms with E-state index in [0.717, 1.165) is 53.1 Å². The largest absolute Gasteiger partial charge is 0.378 e. The van der Waals surface area contributed by atoms with Crippen LogP contribution in [0, 0.1) is 11.8 Å². The number of benzene rings is 1. The van der Waals surface area contributed by atoms with E-state index in [2.05, 4.69) is 24.2 Å². The Hall–Kier alpha value is -2.47. The number of morpholine rings is 1. The Morgan fingerprint density at radius 1 is 1.16 bits per heavy atom. The lowest BCUT2D eigenvalue weighted by molar-refractivity contribution is -0.147. The quantitative estimate of drug-likeness (QED) is 0.189. The van der Waals surface area contributed by atoms with Gasteiger partial charge in [-0.1, -0.05) is 19.4 Å². The van der Waals surface area contributed by atoms with Gasteiger partial charge in [-0.15, -0.1) is 11.3 Å². The van der Waals surface area contributed by atoms with E-state index in [1.807, 2.05) is 29.2 Å². The van der Waals surface area contributed by atoms with Crippen molar-refractivity contribution in [3.8, 4) is 0 Å². The van der Waals surface area contributed by atoms with Crippen molar-refractivity contribution in [3.05, 3.63) is 34.7 Å². The molecule has 2 aromatic rings. The lowest BCUT2D eigenvalue weighted by Crippen LogP contribution is -2.55. The van der Waals surface area contributed by atoms with Gasteiger partial charge in [-0.25, -0.2) is 0 Å². The van der Waals surface area contributed by atoms with Crippen molar-refractivity contribution >= 4 is 54.3 Å². The van der Waals surface area contributed by atoms with Crippen LogP contribution in [-0.2, 0) is 25.3 Å². The molecule has 250 valence electrons. The number of aldehydes is 1. The molecule has 0 aliphatic carbocycles. The Labute approximate surface area is 271 Å². The third-order valence-corrected chi connectivity index (χ3v) is 10.2. The van der Waals surface area contributed by atoms with Gasteiger partial charge in [0.15, 0.2) is 8.38 Å². The van der Waals surface area contributed by atoms with Crippen LogP contribution in [0.25, 0.3) is 10.1 Å². The molecule has 1 aromatic heterocycles. The zero-order chi connectivity index (χ0) is 32.8. The Bertz CT molecular complexity index is 1230. The van der Waals surface area contributed by atoms with Gasteiger partial charge in [0.05, 0.1) is 24.0 Å². The zero-order valence-electron chi connectivity index (χ0n) is 26.7. The van der Waals surface area contributed by atoms with E-state index in [-0.39, 0.29) is 23.9 Å². The first-order chi connectivity index (χ1) is 21.6. The van der Waals surface area contributed by atoms with E-state index in [1.165, 1.54) is 43.6 Å². The normalized spacial score (nSPS) is 19.2. The molecule has 0 radical (unpaired) electrons. The van der Waals surface area contributed by atoms with E-state index in [0.29, 0.717) is 44.3 Å². The van der Waals surface area contributed by atoms with E-state index >= 15 is 0 Å². The van der Waals surface area contributed by atoms with Crippen LogP contribution in [0.15, 0.2) is 24.3 Å². The summed E-state index contributed by atoms with van der Waals surface area (Å²) in [4.78, 5) is 68.2. The first-order valence-electron chi connectivity index (χ1n) is 15.7. The molecule has 3 N–H and O–H groups in total. The number of carbonyl (C=O) groups is 4. The van der Waals surface area contributed by atoms with Crippen molar-refractivity contribution in [1.29, 1.82) is 0 Å². The number of rotatable bonds is 11. The minimum atomic E-state index is -1.92. The third kappa shape index (κ3) is 12.0. The van der Waals surface area contributed by atoms with Gasteiger partial charge in [0, 0.05) is 56.6 Å². The van der Waals surface area contributed by atoms with E-state index < -0.39 is 8.38 Å². The summed E-state index contributed by atoms with van der Waals surface area (Å²) in [5.41, 5.74) is 0.870. The molecule has 3 aliphatic heterocycles. The summed E-state index contributed by atoms with van der Waals surface area (Å²) in [5, 5.41) is 3.54. The first kappa shape index (κ1) is 37.0. The van der Waals surface area contributed by atoms with Crippen LogP contribution in [0.2, 0.25) is 0 Å². The highest BCUT2D eigenvalue weighted by molar-refractivity contribution is 7.44. The maximum atomic E-state index is 11.8. The lowest BCUT2D eigenvalue weighted by Gasteiger charge is -2.39. The van der Waals surface area contributed by atoms with Crippen LogP contribution in [0.1, 0.15) is 60.7 Å². The molecule has 0 saturated carbocycles. The van der Waals surface area contributed by atoms with Gasteiger partial charge in [0.2, 0.25) is 12.3 Å². The second kappa shape index (κ2) is 19.3. The average Bonchev–Trinajstić information content (AvgIpc) is 3.62. The van der Waals surface area contributed by atoms with Crippen LogP contribution in [0.5, 0.6) is 0 Å². The Balaban J connectivity index is 0.000000185. The van der Waals surface area contributed by atoms with Crippen molar-refractivity contribution in [2.75, 3.05) is 60.0 Å². The van der Waals surface area contributed by atoms with Crippen molar-refractivity contribution < 1.29 is 33.7 Å². The summed E-state index contributed by atoms with van der Waals surface area (Å²) < 4.78 is 6.18. The molecule has 0 bridgehead atoms. The summed E-state index contributed by atoms with van der Waals surface area (Å²) in [6.45, 7) is 7.40. The number of likely N-dealkylation sites (tertiary alicyclic amines) is 2. The molecule has 3 saturated heterocycles. The van der Waals surface area contributed by atoms with Crippen molar-refractivity contribution in [2.45, 2.75) is 57.7 Å². The fourth-order valence-electron chi connectivity index (χ4n) is 5.80. The topological polar surface area (TPSA) is 140 Å². The van der Waals surface area contributed by atoms with Crippen LogP contribution < -0.4 is 5.32 Å². The fourth-order valence-corrected chi connectivity index (χ4v) is 7.31. The standard InChI is InChI=1S/C12H23NO.C11H12NO3PS.C9H14N2O3/c1-11(6-3-4-9-14)10-12-7-5-8-13(12)2;1-12-11(13)10-5-8-4-7(6-16(14)15)2-3-9(8)17-10;12-7-10-5-8(6-10)9(13)11-1-3-14-4-2-11/h9,11-12H,3-8,10H2,1-2H3;2-5,14-15H,6H2,1H3,(H,12,13);7-8H,1-6H2. The second-order valence-electron chi connectivity index (χ2n) is 12.0. The fraction of sp³-hybridized carbons (Fsp3) is 0.625. The molecule has 45 heavy (non-hydrogen) atoms. The molecule has 13 heteroatoms. The molecule has 3 amide bonds. The SMILES string of the molecule is CC(CCCC=O)CC1CCCN1C.CNC(=O)c1cc2cc(CP(O)O)ccc2s1.O=CN1CC(C(=O)N2CCOCC2)C1. The van der Waals surface area contributed by atoms with Gasteiger partial charge < -0.3 is 39.3 Å². The highest BCUT2D eigenvalue weighted by Crippen LogP contribution is 2.32. The van der Waals surface area contributed by atoms with Gasteiger partial charge in [-0.05, 0) is 74.3 Å². The second-order valence-corrected chi connectivity index (χ2v) is 14.1. The Morgan fingerprint density at radius 2 is 1.89 bits per heavy atom. The number of nitrogens with one attached hydrogen (secondary N) is 1. The molecular formula is C32H49N4O7PS. The molecule has 3 fully saturated rings. The predicted octanol–water partition coefficient (Wildman–Crippen LogP) is 3.47. The molecular weight excluding hydrogens is 615 g/mol. The van der Waals surface area contributed by atoms with Crippen LogP contribution in [0.4, 0.5) is 0 Å². The minimum absolute atomic E-state index is 0.0262. The van der Waals surface area contributed by atoms with E-state index in [9.17, 15) is 19.2 Å². The van der Waals surface area contributed by atoms with Gasteiger partial charge in [-0.2, -0.15) is 0 Å². The highest BCUT2D eigenvalue weighted by Gasteiger charge is 2.35. The molecule has 5 rings (SSSR count). The molecule has 2 unspecified atom stereocenters. The van der Waals surface area contributed by atoms with Crippen molar-refractivity contribution in [2.24, 2.45) is 11.8 Å². The molecule has 4 heterocycles. The van der Waals surface area contributed by atoms with Gasteiger partial charge in [0.1, 0.15) is 6.29 Å². The lowest BCUT2D eigenvalue weighted by atomic mass is 9.95.